The van der Waals surface area contributed by atoms with Crippen LogP contribution in [0.2, 0.25) is 0 Å². The number of anilines is 2. The fourth-order valence-corrected chi connectivity index (χ4v) is 3.70. The lowest BCUT2D eigenvalue weighted by Crippen LogP contribution is -2.08. The minimum atomic E-state index is -0.163. The van der Waals surface area contributed by atoms with E-state index in [1.165, 1.54) is 29.4 Å². The highest BCUT2D eigenvalue weighted by Gasteiger charge is 2.19. The monoisotopic (exact) mass is 299 g/mol. The van der Waals surface area contributed by atoms with Crippen LogP contribution in [-0.4, -0.2) is 10.9 Å². The fraction of sp³-hybridized carbons (Fsp3) is 0.250. The van der Waals surface area contributed by atoms with E-state index in [1.807, 2.05) is 12.1 Å². The standard InChI is InChI=1S/C16H17N3OS/c17-15-12-5-1-2-6-13(12)21-16(15)19-14(20)8-7-11-4-3-9-18-10-11/h3-4,7-10H,1-2,5-6,17H2,(H,19,20)/b8-7+. The van der Waals surface area contributed by atoms with E-state index in [2.05, 4.69) is 10.3 Å². The average Bonchev–Trinajstić information content (AvgIpc) is 2.83. The van der Waals surface area contributed by atoms with Gasteiger partial charge < -0.3 is 11.1 Å². The van der Waals surface area contributed by atoms with Gasteiger partial charge in [-0.05, 0) is 49.0 Å². The molecule has 1 amide bonds. The summed E-state index contributed by atoms with van der Waals surface area (Å²) in [4.78, 5) is 17.3. The predicted octanol–water partition coefficient (Wildman–Crippen LogP) is 3.26. The summed E-state index contributed by atoms with van der Waals surface area (Å²) < 4.78 is 0. The Kier molecular flexibility index (Phi) is 4.01. The fourth-order valence-electron chi connectivity index (χ4n) is 2.48. The summed E-state index contributed by atoms with van der Waals surface area (Å²) in [6.07, 6.45) is 11.2. The van der Waals surface area contributed by atoms with Crippen molar-refractivity contribution in [1.29, 1.82) is 0 Å². The van der Waals surface area contributed by atoms with Gasteiger partial charge in [0.2, 0.25) is 5.91 Å². The maximum atomic E-state index is 12.0. The van der Waals surface area contributed by atoms with Crippen molar-refractivity contribution in [2.24, 2.45) is 0 Å². The zero-order valence-electron chi connectivity index (χ0n) is 11.6. The SMILES string of the molecule is Nc1c(NC(=O)/C=C/c2cccnc2)sc2c1CCCC2. The van der Waals surface area contributed by atoms with Gasteiger partial charge in [-0.15, -0.1) is 11.3 Å². The molecular weight excluding hydrogens is 282 g/mol. The van der Waals surface area contributed by atoms with Gasteiger partial charge in [-0.25, -0.2) is 0 Å². The lowest BCUT2D eigenvalue weighted by molar-refractivity contribution is -0.111. The van der Waals surface area contributed by atoms with Crippen LogP contribution in [0.25, 0.3) is 6.08 Å². The van der Waals surface area contributed by atoms with Gasteiger partial charge in [0.15, 0.2) is 0 Å². The number of aryl methyl sites for hydroxylation is 1. The third kappa shape index (κ3) is 3.13. The molecule has 108 valence electrons. The number of hydrogen-bond acceptors (Lipinski definition) is 4. The summed E-state index contributed by atoms with van der Waals surface area (Å²) in [7, 11) is 0. The number of amides is 1. The van der Waals surface area contributed by atoms with Crippen LogP contribution in [0, 0.1) is 0 Å². The van der Waals surface area contributed by atoms with Crippen molar-refractivity contribution in [3.05, 3.63) is 46.6 Å². The number of nitrogens with two attached hydrogens (primary N) is 1. The Morgan fingerprint density at radius 3 is 3.00 bits per heavy atom. The van der Waals surface area contributed by atoms with E-state index in [0.717, 1.165) is 29.1 Å². The second kappa shape index (κ2) is 6.10. The van der Waals surface area contributed by atoms with Gasteiger partial charge in [-0.2, -0.15) is 0 Å². The molecule has 0 bridgehead atoms. The van der Waals surface area contributed by atoms with Crippen molar-refractivity contribution in [2.75, 3.05) is 11.1 Å². The van der Waals surface area contributed by atoms with E-state index in [-0.39, 0.29) is 5.91 Å². The number of fused-ring (bicyclic) bond motifs is 1. The summed E-state index contributed by atoms with van der Waals surface area (Å²) in [5, 5.41) is 3.67. The number of carbonyl (C=O) groups is 1. The van der Waals surface area contributed by atoms with Gasteiger partial charge in [0, 0.05) is 23.3 Å². The minimum absolute atomic E-state index is 0.163. The van der Waals surface area contributed by atoms with Gasteiger partial charge in [0.05, 0.1) is 5.69 Å². The molecule has 5 heteroatoms. The molecule has 0 radical (unpaired) electrons. The lowest BCUT2D eigenvalue weighted by Gasteiger charge is -2.10. The molecule has 2 aromatic heterocycles. The maximum Gasteiger partial charge on any atom is 0.249 e. The molecule has 0 aliphatic heterocycles. The van der Waals surface area contributed by atoms with Crippen molar-refractivity contribution in [3.63, 3.8) is 0 Å². The molecule has 0 fully saturated rings. The number of thiophene rings is 1. The molecule has 0 unspecified atom stereocenters. The van der Waals surface area contributed by atoms with Crippen LogP contribution in [0.15, 0.2) is 30.6 Å². The van der Waals surface area contributed by atoms with E-state index in [9.17, 15) is 4.79 Å². The Morgan fingerprint density at radius 1 is 1.38 bits per heavy atom. The molecule has 21 heavy (non-hydrogen) atoms. The van der Waals surface area contributed by atoms with E-state index < -0.39 is 0 Å². The van der Waals surface area contributed by atoms with Crippen molar-refractivity contribution >= 4 is 34.0 Å². The highest BCUT2D eigenvalue weighted by molar-refractivity contribution is 7.17. The number of nitrogens with zero attached hydrogens (tertiary/aromatic N) is 1. The van der Waals surface area contributed by atoms with E-state index in [1.54, 1.807) is 29.8 Å². The zero-order valence-corrected chi connectivity index (χ0v) is 12.5. The second-order valence-corrected chi connectivity index (χ2v) is 6.17. The molecule has 0 saturated carbocycles. The van der Waals surface area contributed by atoms with E-state index >= 15 is 0 Å². The van der Waals surface area contributed by atoms with Crippen LogP contribution in [-0.2, 0) is 17.6 Å². The van der Waals surface area contributed by atoms with Gasteiger partial charge in [0.1, 0.15) is 5.00 Å². The Bertz CT molecular complexity index is 676. The summed E-state index contributed by atoms with van der Waals surface area (Å²) in [5.41, 5.74) is 9.02. The topological polar surface area (TPSA) is 68.0 Å². The Morgan fingerprint density at radius 2 is 2.24 bits per heavy atom. The first-order chi connectivity index (χ1) is 10.2. The lowest BCUT2D eigenvalue weighted by atomic mass is 9.98. The highest BCUT2D eigenvalue weighted by Crippen LogP contribution is 2.39. The molecule has 0 atom stereocenters. The van der Waals surface area contributed by atoms with Crippen molar-refractivity contribution in [2.45, 2.75) is 25.7 Å². The van der Waals surface area contributed by atoms with Crippen LogP contribution in [0.1, 0.15) is 28.8 Å². The average molecular weight is 299 g/mol. The number of pyridine rings is 1. The third-order valence-corrected chi connectivity index (χ3v) is 4.78. The van der Waals surface area contributed by atoms with E-state index in [4.69, 9.17) is 5.73 Å². The zero-order chi connectivity index (χ0) is 14.7. The molecule has 3 N–H and O–H groups in total. The smallest absolute Gasteiger partial charge is 0.249 e. The molecule has 1 aliphatic carbocycles. The van der Waals surface area contributed by atoms with Crippen LogP contribution in [0.3, 0.4) is 0 Å². The first-order valence-corrected chi connectivity index (χ1v) is 7.85. The van der Waals surface area contributed by atoms with Crippen LogP contribution < -0.4 is 11.1 Å². The number of aromatic nitrogens is 1. The molecule has 0 spiro atoms. The number of hydrogen-bond donors (Lipinski definition) is 2. The molecule has 4 nitrogen and oxygen atoms in total. The molecule has 2 aromatic rings. The summed E-state index contributed by atoms with van der Waals surface area (Å²) in [5.74, 6) is -0.163. The van der Waals surface area contributed by atoms with Gasteiger partial charge in [-0.3, -0.25) is 9.78 Å². The normalized spacial score (nSPS) is 14.1. The number of rotatable bonds is 3. The Balaban J connectivity index is 1.70. The minimum Gasteiger partial charge on any atom is -0.396 e. The predicted molar refractivity (Wildman–Crippen MR) is 87.3 cm³/mol. The van der Waals surface area contributed by atoms with E-state index in [0.29, 0.717) is 0 Å². The molecular formula is C16H17N3OS. The summed E-state index contributed by atoms with van der Waals surface area (Å²) in [6.45, 7) is 0. The quantitative estimate of drug-likeness (QED) is 0.855. The van der Waals surface area contributed by atoms with Crippen molar-refractivity contribution in [3.8, 4) is 0 Å². The molecule has 1 aliphatic rings. The van der Waals surface area contributed by atoms with Crippen LogP contribution in [0.5, 0.6) is 0 Å². The number of nitrogen functional groups attached to an aromatic ring is 1. The molecule has 0 aromatic carbocycles. The maximum absolute atomic E-state index is 12.0. The largest absolute Gasteiger partial charge is 0.396 e. The first-order valence-electron chi connectivity index (χ1n) is 7.03. The van der Waals surface area contributed by atoms with Crippen LogP contribution >= 0.6 is 11.3 Å². The summed E-state index contributed by atoms with van der Waals surface area (Å²) >= 11 is 1.61. The molecule has 2 heterocycles. The summed E-state index contributed by atoms with van der Waals surface area (Å²) in [6, 6.07) is 3.73. The third-order valence-electron chi connectivity index (χ3n) is 3.56. The van der Waals surface area contributed by atoms with Gasteiger partial charge in [-0.1, -0.05) is 6.07 Å². The first kappa shape index (κ1) is 13.8. The van der Waals surface area contributed by atoms with Crippen molar-refractivity contribution < 1.29 is 4.79 Å². The van der Waals surface area contributed by atoms with Crippen molar-refractivity contribution in [1.82, 2.24) is 4.98 Å². The molecule has 3 rings (SSSR count). The highest BCUT2D eigenvalue weighted by atomic mass is 32.1. The van der Waals surface area contributed by atoms with Crippen LogP contribution in [0.4, 0.5) is 10.7 Å². The van der Waals surface area contributed by atoms with Gasteiger partial charge >= 0.3 is 0 Å². The number of nitrogens with one attached hydrogen (secondary N) is 1. The van der Waals surface area contributed by atoms with Gasteiger partial charge in [0.25, 0.3) is 0 Å². The second-order valence-electron chi connectivity index (χ2n) is 5.06. The molecule has 0 saturated heterocycles. The number of carbonyl (C=O) groups excluding carboxylic acids is 1. The Labute approximate surface area is 127 Å². The Hall–Kier alpha value is -2.14.